The molecule has 0 atom stereocenters. The van der Waals surface area contributed by atoms with E-state index in [0.717, 1.165) is 28.3 Å². The number of hydrogen-bond acceptors (Lipinski definition) is 4. The van der Waals surface area contributed by atoms with Gasteiger partial charge in [0.1, 0.15) is 16.8 Å². The standard InChI is InChI=1S/C23H24N2OS/c1-5-16-8-7-9-20(19(16)6-2)22-14-25-23(27-22)17-10-11-21(26-15(3)4)18(12-17)13-24/h7-12,14-15H,5-6H2,1-4H3. The molecule has 0 saturated heterocycles. The number of ether oxygens (including phenoxy) is 1. The Kier molecular flexibility index (Phi) is 5.93. The van der Waals surface area contributed by atoms with Gasteiger partial charge in [0.25, 0.3) is 0 Å². The molecule has 0 aliphatic heterocycles. The number of nitrogens with zero attached hydrogens (tertiary/aromatic N) is 2. The van der Waals surface area contributed by atoms with Crippen molar-refractivity contribution in [2.75, 3.05) is 0 Å². The van der Waals surface area contributed by atoms with Crippen molar-refractivity contribution in [2.45, 2.75) is 46.6 Å². The van der Waals surface area contributed by atoms with Crippen LogP contribution in [0.15, 0.2) is 42.6 Å². The van der Waals surface area contributed by atoms with E-state index >= 15 is 0 Å². The highest BCUT2D eigenvalue weighted by molar-refractivity contribution is 7.18. The number of aromatic nitrogens is 1. The van der Waals surface area contributed by atoms with Crippen molar-refractivity contribution in [2.24, 2.45) is 0 Å². The summed E-state index contributed by atoms with van der Waals surface area (Å²) in [5, 5.41) is 10.4. The first-order chi connectivity index (χ1) is 13.1. The maximum absolute atomic E-state index is 9.46. The molecular formula is C23H24N2OS. The van der Waals surface area contributed by atoms with Gasteiger partial charge < -0.3 is 4.74 Å². The molecule has 1 aromatic heterocycles. The Bertz CT molecular complexity index is 982. The van der Waals surface area contributed by atoms with Gasteiger partial charge in [-0.3, -0.25) is 0 Å². The van der Waals surface area contributed by atoms with Crippen molar-refractivity contribution in [1.82, 2.24) is 4.98 Å². The van der Waals surface area contributed by atoms with Crippen LogP contribution in [-0.2, 0) is 12.8 Å². The molecule has 3 rings (SSSR count). The quantitative estimate of drug-likeness (QED) is 0.510. The van der Waals surface area contributed by atoms with Crippen LogP contribution in [0.2, 0.25) is 0 Å². The molecule has 27 heavy (non-hydrogen) atoms. The molecule has 0 radical (unpaired) electrons. The van der Waals surface area contributed by atoms with Crippen LogP contribution in [0.5, 0.6) is 5.75 Å². The first-order valence-electron chi connectivity index (χ1n) is 9.35. The Morgan fingerprint density at radius 1 is 1.15 bits per heavy atom. The zero-order valence-corrected chi connectivity index (χ0v) is 17.1. The fourth-order valence-electron chi connectivity index (χ4n) is 3.25. The van der Waals surface area contributed by atoms with Crippen LogP contribution < -0.4 is 4.74 Å². The van der Waals surface area contributed by atoms with E-state index in [4.69, 9.17) is 4.74 Å². The Labute approximate surface area is 165 Å². The van der Waals surface area contributed by atoms with Gasteiger partial charge in [-0.05, 0) is 61.6 Å². The average molecular weight is 377 g/mol. The average Bonchev–Trinajstić information content (AvgIpc) is 3.17. The minimum Gasteiger partial charge on any atom is -0.490 e. The molecule has 0 N–H and O–H groups in total. The predicted octanol–water partition coefficient (Wildman–Crippen LogP) is 6.26. The van der Waals surface area contributed by atoms with Gasteiger partial charge in [0.15, 0.2) is 0 Å². The number of thiazole rings is 1. The van der Waals surface area contributed by atoms with Crippen molar-refractivity contribution in [3.05, 3.63) is 59.3 Å². The summed E-state index contributed by atoms with van der Waals surface area (Å²) >= 11 is 1.67. The lowest BCUT2D eigenvalue weighted by atomic mass is 9.96. The normalized spacial score (nSPS) is 10.8. The van der Waals surface area contributed by atoms with E-state index in [0.29, 0.717) is 11.3 Å². The van der Waals surface area contributed by atoms with Gasteiger partial charge in [-0.1, -0.05) is 32.0 Å². The summed E-state index contributed by atoms with van der Waals surface area (Å²) in [5.74, 6) is 0.622. The molecule has 0 bridgehead atoms. The lowest BCUT2D eigenvalue weighted by Gasteiger charge is -2.11. The molecule has 0 saturated carbocycles. The van der Waals surface area contributed by atoms with E-state index in [-0.39, 0.29) is 6.10 Å². The highest BCUT2D eigenvalue weighted by Crippen LogP contribution is 2.36. The van der Waals surface area contributed by atoms with Crippen LogP contribution in [0, 0.1) is 11.3 Å². The van der Waals surface area contributed by atoms with Crippen LogP contribution in [0.4, 0.5) is 0 Å². The van der Waals surface area contributed by atoms with E-state index in [9.17, 15) is 5.26 Å². The number of nitriles is 1. The molecule has 138 valence electrons. The smallest absolute Gasteiger partial charge is 0.137 e. The molecule has 0 unspecified atom stereocenters. The minimum absolute atomic E-state index is 0.0349. The second kappa shape index (κ2) is 8.37. The number of aryl methyl sites for hydroxylation is 1. The second-order valence-corrected chi connectivity index (χ2v) is 7.70. The van der Waals surface area contributed by atoms with E-state index in [1.807, 2.05) is 38.2 Å². The first kappa shape index (κ1) is 19.1. The molecule has 3 nitrogen and oxygen atoms in total. The SMILES string of the molecule is CCc1cccc(-c2cnc(-c3ccc(OC(C)C)c(C#N)c3)s2)c1CC. The van der Waals surface area contributed by atoms with Gasteiger partial charge in [-0.15, -0.1) is 11.3 Å². The Morgan fingerprint density at radius 2 is 1.96 bits per heavy atom. The third-order valence-corrected chi connectivity index (χ3v) is 5.57. The van der Waals surface area contributed by atoms with Crippen LogP contribution in [0.1, 0.15) is 44.4 Å². The van der Waals surface area contributed by atoms with Crippen LogP contribution in [-0.4, -0.2) is 11.1 Å². The van der Waals surface area contributed by atoms with E-state index in [2.05, 4.69) is 43.1 Å². The van der Waals surface area contributed by atoms with Gasteiger partial charge in [0.05, 0.1) is 16.5 Å². The molecule has 0 aliphatic rings. The summed E-state index contributed by atoms with van der Waals surface area (Å²) < 4.78 is 5.72. The Morgan fingerprint density at radius 3 is 2.63 bits per heavy atom. The largest absolute Gasteiger partial charge is 0.490 e. The van der Waals surface area contributed by atoms with Crippen molar-refractivity contribution < 1.29 is 4.74 Å². The summed E-state index contributed by atoms with van der Waals surface area (Å²) in [7, 11) is 0. The zero-order valence-electron chi connectivity index (χ0n) is 16.2. The highest BCUT2D eigenvalue weighted by Gasteiger charge is 2.14. The van der Waals surface area contributed by atoms with Crippen molar-refractivity contribution in [3.63, 3.8) is 0 Å². The summed E-state index contributed by atoms with van der Waals surface area (Å²) in [6, 6.07) is 14.4. The topological polar surface area (TPSA) is 45.9 Å². The molecular weight excluding hydrogens is 352 g/mol. The van der Waals surface area contributed by atoms with E-state index in [1.54, 1.807) is 11.3 Å². The summed E-state index contributed by atoms with van der Waals surface area (Å²) in [6.07, 6.45) is 4.02. The highest BCUT2D eigenvalue weighted by atomic mass is 32.1. The number of hydrogen-bond donors (Lipinski definition) is 0. The van der Waals surface area contributed by atoms with Crippen molar-refractivity contribution in [1.29, 1.82) is 5.26 Å². The summed E-state index contributed by atoms with van der Waals surface area (Å²) in [6.45, 7) is 8.31. The van der Waals surface area contributed by atoms with Crippen LogP contribution in [0.25, 0.3) is 21.0 Å². The Balaban J connectivity index is 1.99. The molecule has 0 spiro atoms. The molecule has 0 fully saturated rings. The first-order valence-corrected chi connectivity index (χ1v) is 10.2. The van der Waals surface area contributed by atoms with Gasteiger partial charge >= 0.3 is 0 Å². The van der Waals surface area contributed by atoms with Crippen molar-refractivity contribution >= 4 is 11.3 Å². The van der Waals surface area contributed by atoms with Gasteiger partial charge in [-0.2, -0.15) is 5.26 Å². The lowest BCUT2D eigenvalue weighted by molar-refractivity contribution is 0.242. The van der Waals surface area contributed by atoms with Crippen LogP contribution in [0.3, 0.4) is 0 Å². The monoisotopic (exact) mass is 376 g/mol. The fraction of sp³-hybridized carbons (Fsp3) is 0.304. The number of rotatable bonds is 6. The molecule has 4 heteroatoms. The molecule has 1 heterocycles. The summed E-state index contributed by atoms with van der Waals surface area (Å²) in [5.41, 5.74) is 5.55. The maximum Gasteiger partial charge on any atom is 0.137 e. The number of benzene rings is 2. The van der Waals surface area contributed by atoms with Gasteiger partial charge in [0, 0.05) is 11.8 Å². The van der Waals surface area contributed by atoms with Gasteiger partial charge in [0.2, 0.25) is 0 Å². The fourth-order valence-corrected chi connectivity index (χ4v) is 4.22. The molecule has 0 aliphatic carbocycles. The predicted molar refractivity (Wildman–Crippen MR) is 112 cm³/mol. The third kappa shape index (κ3) is 4.04. The lowest BCUT2D eigenvalue weighted by Crippen LogP contribution is -2.06. The maximum atomic E-state index is 9.46. The summed E-state index contributed by atoms with van der Waals surface area (Å²) in [4.78, 5) is 5.79. The second-order valence-electron chi connectivity index (χ2n) is 6.67. The molecule has 3 aromatic rings. The molecule has 2 aromatic carbocycles. The Hall–Kier alpha value is -2.64. The van der Waals surface area contributed by atoms with Gasteiger partial charge in [-0.25, -0.2) is 4.98 Å². The van der Waals surface area contributed by atoms with E-state index < -0.39 is 0 Å². The zero-order chi connectivity index (χ0) is 19.4. The molecule has 0 amide bonds. The minimum atomic E-state index is 0.0349. The van der Waals surface area contributed by atoms with Crippen LogP contribution >= 0.6 is 11.3 Å². The van der Waals surface area contributed by atoms with Crippen molar-refractivity contribution in [3.8, 4) is 32.8 Å². The third-order valence-electron chi connectivity index (χ3n) is 4.49. The van der Waals surface area contributed by atoms with E-state index in [1.165, 1.54) is 16.7 Å².